The van der Waals surface area contributed by atoms with Gasteiger partial charge in [-0.15, -0.1) is 0 Å². The van der Waals surface area contributed by atoms with E-state index in [2.05, 4.69) is 10.6 Å². The van der Waals surface area contributed by atoms with Crippen molar-refractivity contribution >= 4 is 11.6 Å². The predicted molar refractivity (Wildman–Crippen MR) is 59.6 cm³/mol. The molecule has 1 aromatic carbocycles. The molecule has 15 heavy (non-hydrogen) atoms. The number of hydrogen-bond acceptors (Lipinski definition) is 3. The van der Waals surface area contributed by atoms with Gasteiger partial charge in [0.05, 0.1) is 11.7 Å². The van der Waals surface area contributed by atoms with Crippen LogP contribution >= 0.6 is 0 Å². The maximum atomic E-state index is 11.7. The summed E-state index contributed by atoms with van der Waals surface area (Å²) in [6.07, 6.45) is 1.77. The van der Waals surface area contributed by atoms with E-state index in [-0.39, 0.29) is 12.1 Å². The Kier molecular flexibility index (Phi) is 2.87. The number of hydrogen-bond donors (Lipinski definition) is 3. The summed E-state index contributed by atoms with van der Waals surface area (Å²) in [5.41, 5.74) is 7.05. The summed E-state index contributed by atoms with van der Waals surface area (Å²) in [7, 11) is 0. The fourth-order valence-electron chi connectivity index (χ4n) is 1.73. The van der Waals surface area contributed by atoms with Crippen molar-refractivity contribution < 1.29 is 4.79 Å². The molecular formula is C11H15N3O. The fourth-order valence-corrected chi connectivity index (χ4v) is 1.73. The molecular weight excluding hydrogens is 190 g/mol. The molecule has 1 heterocycles. The number of para-hydroxylation sites is 1. The second-order valence-electron chi connectivity index (χ2n) is 3.65. The van der Waals surface area contributed by atoms with Crippen LogP contribution in [0.4, 0.5) is 5.69 Å². The quantitative estimate of drug-likeness (QED) is 0.687. The first-order valence-electron chi connectivity index (χ1n) is 5.18. The van der Waals surface area contributed by atoms with E-state index in [9.17, 15) is 4.79 Å². The van der Waals surface area contributed by atoms with Gasteiger partial charge in [-0.3, -0.25) is 4.79 Å². The minimum absolute atomic E-state index is 0.00799. The largest absolute Gasteiger partial charge is 0.365 e. The zero-order valence-electron chi connectivity index (χ0n) is 8.49. The average Bonchev–Trinajstić information content (AvgIpc) is 2.26. The van der Waals surface area contributed by atoms with E-state index in [1.54, 1.807) is 0 Å². The van der Waals surface area contributed by atoms with Gasteiger partial charge in [-0.1, -0.05) is 12.1 Å². The number of nitrogens with one attached hydrogen (secondary N) is 2. The van der Waals surface area contributed by atoms with Crippen LogP contribution in [0.2, 0.25) is 0 Å². The molecule has 1 aromatic rings. The molecule has 0 saturated heterocycles. The van der Waals surface area contributed by atoms with Crippen LogP contribution in [0.15, 0.2) is 24.3 Å². The normalized spacial score (nSPS) is 19.0. The fraction of sp³-hybridized carbons (Fsp3) is 0.364. The molecule has 0 aromatic heterocycles. The van der Waals surface area contributed by atoms with Crippen molar-refractivity contribution in [2.45, 2.75) is 19.0 Å². The Morgan fingerprint density at radius 2 is 2.07 bits per heavy atom. The highest BCUT2D eigenvalue weighted by atomic mass is 16.2. The monoisotopic (exact) mass is 205 g/mol. The highest BCUT2D eigenvalue weighted by Gasteiger charge is 2.21. The standard InChI is InChI=1S/C11H15N3O/c12-7-3-6-10-13-9-5-2-1-4-8(9)11(15)14-10/h1-2,4-5,10,13H,3,6-7,12H2,(H,14,15). The number of rotatable bonds is 3. The molecule has 4 N–H and O–H groups in total. The smallest absolute Gasteiger partial charge is 0.254 e. The summed E-state index contributed by atoms with van der Waals surface area (Å²) in [6.45, 7) is 0.649. The van der Waals surface area contributed by atoms with Crippen molar-refractivity contribution in [1.82, 2.24) is 5.32 Å². The van der Waals surface area contributed by atoms with E-state index in [0.29, 0.717) is 12.1 Å². The zero-order valence-corrected chi connectivity index (χ0v) is 8.49. The third kappa shape index (κ3) is 2.10. The molecule has 0 radical (unpaired) electrons. The van der Waals surface area contributed by atoms with Crippen LogP contribution in [-0.4, -0.2) is 18.6 Å². The second kappa shape index (κ2) is 4.31. The minimum atomic E-state index is -0.00799. The first-order valence-corrected chi connectivity index (χ1v) is 5.18. The van der Waals surface area contributed by atoms with Crippen LogP contribution in [0.25, 0.3) is 0 Å². The van der Waals surface area contributed by atoms with Crippen molar-refractivity contribution in [2.75, 3.05) is 11.9 Å². The van der Waals surface area contributed by atoms with Gasteiger partial charge in [0.2, 0.25) is 0 Å². The van der Waals surface area contributed by atoms with E-state index in [0.717, 1.165) is 18.5 Å². The van der Waals surface area contributed by atoms with Gasteiger partial charge in [-0.2, -0.15) is 0 Å². The molecule has 4 nitrogen and oxygen atoms in total. The molecule has 0 spiro atoms. The summed E-state index contributed by atoms with van der Waals surface area (Å²) < 4.78 is 0. The van der Waals surface area contributed by atoms with Crippen LogP contribution in [0.1, 0.15) is 23.2 Å². The number of nitrogens with two attached hydrogens (primary N) is 1. The third-order valence-corrected chi connectivity index (χ3v) is 2.50. The van der Waals surface area contributed by atoms with Gasteiger partial charge in [-0.05, 0) is 31.5 Å². The second-order valence-corrected chi connectivity index (χ2v) is 3.65. The zero-order chi connectivity index (χ0) is 10.7. The molecule has 1 aliphatic rings. The van der Waals surface area contributed by atoms with Gasteiger partial charge in [0.25, 0.3) is 5.91 Å². The van der Waals surface area contributed by atoms with Gasteiger partial charge >= 0.3 is 0 Å². The summed E-state index contributed by atoms with van der Waals surface area (Å²) in [6, 6.07) is 7.52. The van der Waals surface area contributed by atoms with Crippen LogP contribution in [0, 0.1) is 0 Å². The summed E-state index contributed by atoms with van der Waals surface area (Å²) in [5.74, 6) is -0.00799. The van der Waals surface area contributed by atoms with Gasteiger partial charge in [-0.25, -0.2) is 0 Å². The number of amides is 1. The Balaban J connectivity index is 2.12. The molecule has 2 rings (SSSR count). The first-order chi connectivity index (χ1) is 7.31. The van der Waals surface area contributed by atoms with Crippen molar-refractivity contribution in [2.24, 2.45) is 5.73 Å². The summed E-state index contributed by atoms with van der Waals surface area (Å²) in [5, 5.41) is 6.18. The summed E-state index contributed by atoms with van der Waals surface area (Å²) in [4.78, 5) is 11.7. The Hall–Kier alpha value is -1.55. The first kappa shape index (κ1) is 9.98. The average molecular weight is 205 g/mol. The van der Waals surface area contributed by atoms with E-state index in [4.69, 9.17) is 5.73 Å². The molecule has 0 aliphatic carbocycles. The van der Waals surface area contributed by atoms with Crippen LogP contribution in [0.3, 0.4) is 0 Å². The molecule has 1 unspecified atom stereocenters. The number of carbonyl (C=O) groups excluding carboxylic acids is 1. The lowest BCUT2D eigenvalue weighted by atomic mass is 10.1. The van der Waals surface area contributed by atoms with Crippen molar-refractivity contribution in [1.29, 1.82) is 0 Å². The molecule has 1 atom stereocenters. The van der Waals surface area contributed by atoms with E-state index in [1.165, 1.54) is 0 Å². The Labute approximate surface area is 88.9 Å². The number of anilines is 1. The molecule has 80 valence electrons. The van der Waals surface area contributed by atoms with Crippen LogP contribution in [-0.2, 0) is 0 Å². The van der Waals surface area contributed by atoms with Crippen molar-refractivity contribution in [3.05, 3.63) is 29.8 Å². The van der Waals surface area contributed by atoms with Gasteiger partial charge < -0.3 is 16.4 Å². The number of carbonyl (C=O) groups is 1. The van der Waals surface area contributed by atoms with Gasteiger partial charge in [0, 0.05) is 5.69 Å². The lowest BCUT2D eigenvalue weighted by Gasteiger charge is -2.27. The lowest BCUT2D eigenvalue weighted by Crippen LogP contribution is -2.45. The molecule has 0 saturated carbocycles. The third-order valence-electron chi connectivity index (χ3n) is 2.50. The van der Waals surface area contributed by atoms with E-state index >= 15 is 0 Å². The minimum Gasteiger partial charge on any atom is -0.365 e. The van der Waals surface area contributed by atoms with Gasteiger partial charge in [0.15, 0.2) is 0 Å². The lowest BCUT2D eigenvalue weighted by molar-refractivity contribution is 0.0934. The van der Waals surface area contributed by atoms with Crippen molar-refractivity contribution in [3.63, 3.8) is 0 Å². The molecule has 0 fully saturated rings. The van der Waals surface area contributed by atoms with Gasteiger partial charge in [0.1, 0.15) is 0 Å². The maximum absolute atomic E-state index is 11.7. The number of fused-ring (bicyclic) bond motifs is 1. The Bertz CT molecular complexity index is 365. The van der Waals surface area contributed by atoms with E-state index in [1.807, 2.05) is 24.3 Å². The number of benzene rings is 1. The van der Waals surface area contributed by atoms with E-state index < -0.39 is 0 Å². The molecule has 1 aliphatic heterocycles. The highest BCUT2D eigenvalue weighted by molar-refractivity contribution is 6.01. The topological polar surface area (TPSA) is 67.1 Å². The van der Waals surface area contributed by atoms with Crippen molar-refractivity contribution in [3.8, 4) is 0 Å². The predicted octanol–water partition coefficient (Wildman–Crippen LogP) is 0.907. The molecule has 1 amide bonds. The molecule has 4 heteroatoms. The Morgan fingerprint density at radius 3 is 2.87 bits per heavy atom. The highest BCUT2D eigenvalue weighted by Crippen LogP contribution is 2.20. The SMILES string of the molecule is NCCCC1NC(=O)c2ccccc2N1. The molecule has 0 bridgehead atoms. The maximum Gasteiger partial charge on any atom is 0.254 e. The summed E-state index contributed by atoms with van der Waals surface area (Å²) >= 11 is 0. The van der Waals surface area contributed by atoms with Crippen LogP contribution in [0.5, 0.6) is 0 Å². The Morgan fingerprint density at radius 1 is 1.27 bits per heavy atom. The van der Waals surface area contributed by atoms with Crippen LogP contribution < -0.4 is 16.4 Å².